The van der Waals surface area contributed by atoms with Gasteiger partial charge in [-0.15, -0.1) is 0 Å². The van der Waals surface area contributed by atoms with Crippen molar-refractivity contribution in [3.05, 3.63) is 48.3 Å². The summed E-state index contributed by atoms with van der Waals surface area (Å²) in [5, 5.41) is 13.6. The van der Waals surface area contributed by atoms with Gasteiger partial charge in [0, 0.05) is 31.0 Å². The first-order chi connectivity index (χ1) is 9.24. The van der Waals surface area contributed by atoms with Gasteiger partial charge in [-0.3, -0.25) is 4.79 Å². The predicted octanol–water partition coefficient (Wildman–Crippen LogP) is 1.08. The van der Waals surface area contributed by atoms with E-state index in [9.17, 15) is 9.90 Å². The Bertz CT molecular complexity index is 580. The Morgan fingerprint density at radius 2 is 2.26 bits per heavy atom. The van der Waals surface area contributed by atoms with Crippen LogP contribution in [0, 0.1) is 0 Å². The molecule has 5 heteroatoms. The van der Waals surface area contributed by atoms with E-state index in [1.165, 1.54) is 0 Å². The van der Waals surface area contributed by atoms with Crippen molar-refractivity contribution in [2.24, 2.45) is 0 Å². The van der Waals surface area contributed by atoms with Crippen LogP contribution in [0.2, 0.25) is 0 Å². The Labute approximate surface area is 111 Å². The van der Waals surface area contributed by atoms with Crippen LogP contribution in [0.15, 0.2) is 42.7 Å². The largest absolute Gasteiger partial charge is 0.391 e. The highest BCUT2D eigenvalue weighted by atomic mass is 16.3. The molecule has 5 nitrogen and oxygen atoms in total. The van der Waals surface area contributed by atoms with Crippen LogP contribution in [0.1, 0.15) is 16.8 Å². The molecule has 1 aliphatic rings. The lowest BCUT2D eigenvalue weighted by molar-refractivity contribution is 0.0765. The Morgan fingerprint density at radius 3 is 2.95 bits per heavy atom. The lowest BCUT2D eigenvalue weighted by Gasteiger charge is -2.16. The van der Waals surface area contributed by atoms with Gasteiger partial charge < -0.3 is 10.0 Å². The molecular weight excluding hydrogens is 242 g/mol. The lowest BCUT2D eigenvalue weighted by Crippen LogP contribution is -2.29. The summed E-state index contributed by atoms with van der Waals surface area (Å²) in [6.07, 6.45) is 3.80. The molecule has 1 amide bonds. The van der Waals surface area contributed by atoms with E-state index in [-0.39, 0.29) is 5.91 Å². The summed E-state index contributed by atoms with van der Waals surface area (Å²) in [5.41, 5.74) is 1.48. The third-order valence-electron chi connectivity index (χ3n) is 3.31. The fourth-order valence-electron chi connectivity index (χ4n) is 2.31. The molecule has 0 unspecified atom stereocenters. The number of carbonyl (C=O) groups is 1. The number of nitrogens with zero attached hydrogens (tertiary/aromatic N) is 3. The number of hydrogen-bond acceptors (Lipinski definition) is 3. The number of aromatic nitrogens is 2. The zero-order valence-electron chi connectivity index (χ0n) is 10.4. The van der Waals surface area contributed by atoms with Crippen LogP contribution in [0.5, 0.6) is 0 Å². The molecule has 0 bridgehead atoms. The minimum Gasteiger partial charge on any atom is -0.391 e. The first-order valence-electron chi connectivity index (χ1n) is 6.31. The summed E-state index contributed by atoms with van der Waals surface area (Å²) in [5.74, 6) is -0.0365. The van der Waals surface area contributed by atoms with Crippen LogP contribution in [0.4, 0.5) is 0 Å². The van der Waals surface area contributed by atoms with Crippen molar-refractivity contribution in [3.8, 4) is 5.69 Å². The molecule has 0 aliphatic carbocycles. The third kappa shape index (κ3) is 2.37. The van der Waals surface area contributed by atoms with Crippen molar-refractivity contribution in [2.75, 3.05) is 13.1 Å². The topological polar surface area (TPSA) is 58.4 Å². The minimum absolute atomic E-state index is 0.0365. The van der Waals surface area contributed by atoms with Gasteiger partial charge in [0.05, 0.1) is 11.8 Å². The van der Waals surface area contributed by atoms with E-state index in [0.717, 1.165) is 5.69 Å². The molecule has 19 heavy (non-hydrogen) atoms. The molecule has 1 atom stereocenters. The molecule has 0 radical (unpaired) electrons. The molecule has 3 rings (SSSR count). The quantitative estimate of drug-likeness (QED) is 0.875. The van der Waals surface area contributed by atoms with E-state index in [1.54, 1.807) is 21.8 Å². The fraction of sp³-hybridized carbons (Fsp3) is 0.286. The number of benzene rings is 1. The van der Waals surface area contributed by atoms with E-state index in [1.807, 2.05) is 30.5 Å². The van der Waals surface area contributed by atoms with Crippen LogP contribution in [-0.4, -0.2) is 44.9 Å². The van der Waals surface area contributed by atoms with Gasteiger partial charge in [-0.2, -0.15) is 5.10 Å². The van der Waals surface area contributed by atoms with Crippen molar-refractivity contribution >= 4 is 5.91 Å². The predicted molar refractivity (Wildman–Crippen MR) is 70.1 cm³/mol. The molecule has 98 valence electrons. The number of β-amino-alcohol motifs (C(OH)–C–C–N with tert-alkyl or cyclic N) is 1. The highest BCUT2D eigenvalue weighted by Gasteiger charge is 2.25. The van der Waals surface area contributed by atoms with Gasteiger partial charge in [0.15, 0.2) is 0 Å². The van der Waals surface area contributed by atoms with Crippen molar-refractivity contribution in [3.63, 3.8) is 0 Å². The maximum absolute atomic E-state index is 12.3. The molecule has 1 saturated heterocycles. The van der Waals surface area contributed by atoms with Crippen LogP contribution in [-0.2, 0) is 0 Å². The van der Waals surface area contributed by atoms with Gasteiger partial charge in [0.1, 0.15) is 0 Å². The van der Waals surface area contributed by atoms with Crippen molar-refractivity contribution < 1.29 is 9.90 Å². The van der Waals surface area contributed by atoms with Gasteiger partial charge in [0.25, 0.3) is 5.91 Å². The van der Waals surface area contributed by atoms with E-state index in [4.69, 9.17) is 0 Å². The summed E-state index contributed by atoms with van der Waals surface area (Å²) in [6, 6.07) is 9.20. The van der Waals surface area contributed by atoms with Gasteiger partial charge in [-0.05, 0) is 30.7 Å². The van der Waals surface area contributed by atoms with Crippen LogP contribution in [0.3, 0.4) is 0 Å². The standard InChI is InChI=1S/C14H15N3O2/c18-13-5-8-16(10-13)14(19)11-3-1-4-12(9-11)17-7-2-6-15-17/h1-4,6-7,9,13,18H,5,8,10H2/t13-/m1/s1. The average molecular weight is 257 g/mol. The maximum atomic E-state index is 12.3. The van der Waals surface area contributed by atoms with E-state index >= 15 is 0 Å². The van der Waals surface area contributed by atoms with Crippen molar-refractivity contribution in [1.82, 2.24) is 14.7 Å². The molecule has 1 fully saturated rings. The first-order valence-corrected chi connectivity index (χ1v) is 6.31. The van der Waals surface area contributed by atoms with E-state index < -0.39 is 6.10 Å². The number of hydrogen-bond donors (Lipinski definition) is 1. The Hall–Kier alpha value is -2.14. The van der Waals surface area contributed by atoms with E-state index in [0.29, 0.717) is 25.1 Å². The molecule has 1 aromatic heterocycles. The zero-order valence-corrected chi connectivity index (χ0v) is 10.4. The highest BCUT2D eigenvalue weighted by molar-refractivity contribution is 5.95. The number of aliphatic hydroxyl groups excluding tert-OH is 1. The summed E-state index contributed by atoms with van der Waals surface area (Å²) < 4.78 is 1.72. The molecular formula is C14H15N3O2. The van der Waals surface area contributed by atoms with Crippen LogP contribution >= 0.6 is 0 Å². The smallest absolute Gasteiger partial charge is 0.254 e. The molecule has 1 aromatic carbocycles. The molecule has 0 spiro atoms. The second-order valence-corrected chi connectivity index (χ2v) is 4.69. The summed E-state index contributed by atoms with van der Waals surface area (Å²) in [6.45, 7) is 1.04. The van der Waals surface area contributed by atoms with E-state index in [2.05, 4.69) is 5.10 Å². The Kier molecular flexibility index (Phi) is 3.05. The number of aliphatic hydroxyl groups is 1. The van der Waals surface area contributed by atoms with Crippen molar-refractivity contribution in [2.45, 2.75) is 12.5 Å². The Morgan fingerprint density at radius 1 is 1.37 bits per heavy atom. The lowest BCUT2D eigenvalue weighted by atomic mass is 10.2. The van der Waals surface area contributed by atoms with Crippen molar-refractivity contribution in [1.29, 1.82) is 0 Å². The molecule has 1 N–H and O–H groups in total. The maximum Gasteiger partial charge on any atom is 0.254 e. The normalized spacial score (nSPS) is 18.8. The van der Waals surface area contributed by atoms with Crippen LogP contribution in [0.25, 0.3) is 5.69 Å². The molecule has 2 aromatic rings. The second kappa shape index (κ2) is 4.85. The number of rotatable bonds is 2. The van der Waals surface area contributed by atoms with Crippen LogP contribution < -0.4 is 0 Å². The van der Waals surface area contributed by atoms with Gasteiger partial charge >= 0.3 is 0 Å². The van der Waals surface area contributed by atoms with Gasteiger partial charge in [-0.25, -0.2) is 4.68 Å². The SMILES string of the molecule is O=C(c1cccc(-n2cccn2)c1)N1CC[C@@H](O)C1. The zero-order chi connectivity index (χ0) is 13.2. The summed E-state index contributed by atoms with van der Waals surface area (Å²) in [4.78, 5) is 14.0. The highest BCUT2D eigenvalue weighted by Crippen LogP contribution is 2.16. The first kappa shape index (κ1) is 11.9. The second-order valence-electron chi connectivity index (χ2n) is 4.69. The minimum atomic E-state index is -0.391. The average Bonchev–Trinajstić information content (AvgIpc) is 3.09. The summed E-state index contributed by atoms with van der Waals surface area (Å²) in [7, 11) is 0. The number of amides is 1. The third-order valence-corrected chi connectivity index (χ3v) is 3.31. The number of carbonyl (C=O) groups excluding carboxylic acids is 1. The fourth-order valence-corrected chi connectivity index (χ4v) is 2.31. The summed E-state index contributed by atoms with van der Waals surface area (Å²) >= 11 is 0. The molecule has 2 heterocycles. The monoisotopic (exact) mass is 257 g/mol. The Balaban J connectivity index is 1.85. The van der Waals surface area contributed by atoms with Gasteiger partial charge in [-0.1, -0.05) is 6.07 Å². The molecule has 0 saturated carbocycles. The number of likely N-dealkylation sites (tertiary alicyclic amines) is 1. The molecule has 1 aliphatic heterocycles. The van der Waals surface area contributed by atoms with Gasteiger partial charge in [0.2, 0.25) is 0 Å².